The van der Waals surface area contributed by atoms with E-state index in [1.807, 2.05) is 39.8 Å². The summed E-state index contributed by atoms with van der Waals surface area (Å²) in [5, 5.41) is 0. The zero-order valence-electron chi connectivity index (χ0n) is 12.2. The topological polar surface area (TPSA) is 37.4 Å². The van der Waals surface area contributed by atoms with E-state index in [1.54, 1.807) is 4.31 Å². The molecule has 1 saturated heterocycles. The Morgan fingerprint density at radius 3 is 2.32 bits per heavy atom. The van der Waals surface area contributed by atoms with Crippen molar-refractivity contribution in [3.63, 3.8) is 0 Å². The predicted molar refractivity (Wildman–Crippen MR) is 77.9 cm³/mol. The van der Waals surface area contributed by atoms with Gasteiger partial charge in [0.15, 0.2) is 0 Å². The fourth-order valence-electron chi connectivity index (χ4n) is 2.77. The number of rotatable bonds is 2. The van der Waals surface area contributed by atoms with Gasteiger partial charge in [0, 0.05) is 12.6 Å². The summed E-state index contributed by atoms with van der Waals surface area (Å²) in [6.07, 6.45) is 3.05. The second kappa shape index (κ2) is 5.25. The second-order valence-corrected chi connectivity index (χ2v) is 7.52. The number of hydrogen-bond donors (Lipinski definition) is 0. The van der Waals surface area contributed by atoms with E-state index in [0.29, 0.717) is 11.4 Å². The van der Waals surface area contributed by atoms with Gasteiger partial charge in [-0.15, -0.1) is 0 Å². The van der Waals surface area contributed by atoms with Gasteiger partial charge in [0.05, 0.1) is 4.90 Å². The molecule has 0 spiro atoms. The summed E-state index contributed by atoms with van der Waals surface area (Å²) in [6.45, 7) is 8.52. The number of piperidine rings is 1. The molecule has 0 N–H and O–H groups in total. The summed E-state index contributed by atoms with van der Waals surface area (Å²) in [6, 6.07) is 3.90. The summed E-state index contributed by atoms with van der Waals surface area (Å²) in [4.78, 5) is 0.476. The summed E-state index contributed by atoms with van der Waals surface area (Å²) in [5.74, 6) is 0. The lowest BCUT2D eigenvalue weighted by molar-refractivity contribution is 0.268. The summed E-state index contributed by atoms with van der Waals surface area (Å²) >= 11 is 0. The molecule has 1 aliphatic rings. The average molecular weight is 281 g/mol. The number of benzene rings is 1. The fourth-order valence-corrected chi connectivity index (χ4v) is 4.76. The standard InChI is InChI=1S/C15H23NO2S/c1-11-9-13(3)15(10-12(11)2)19(17,18)16-8-6-5-7-14(16)4/h9-10,14H,5-8H2,1-4H3/t14-/m0/s1. The van der Waals surface area contributed by atoms with Gasteiger partial charge in [0.25, 0.3) is 0 Å². The molecule has 0 bridgehead atoms. The van der Waals surface area contributed by atoms with Crippen LogP contribution in [0, 0.1) is 20.8 Å². The predicted octanol–water partition coefficient (Wildman–Crippen LogP) is 3.17. The molecular weight excluding hydrogens is 258 g/mol. The van der Waals surface area contributed by atoms with Gasteiger partial charge in [-0.3, -0.25) is 0 Å². The molecule has 0 aromatic heterocycles. The Labute approximate surface area is 116 Å². The molecular formula is C15H23NO2S. The van der Waals surface area contributed by atoms with Crippen molar-refractivity contribution in [2.45, 2.75) is 57.9 Å². The number of nitrogens with zero attached hydrogens (tertiary/aromatic N) is 1. The molecule has 3 nitrogen and oxygen atoms in total. The number of hydrogen-bond acceptors (Lipinski definition) is 2. The first-order valence-electron chi connectivity index (χ1n) is 6.93. The minimum atomic E-state index is -3.35. The molecule has 2 rings (SSSR count). The Bertz CT molecular complexity index is 578. The monoisotopic (exact) mass is 281 g/mol. The van der Waals surface area contributed by atoms with Gasteiger partial charge >= 0.3 is 0 Å². The van der Waals surface area contributed by atoms with Crippen molar-refractivity contribution < 1.29 is 8.42 Å². The van der Waals surface area contributed by atoms with Gasteiger partial charge in [0.2, 0.25) is 10.0 Å². The van der Waals surface area contributed by atoms with Gasteiger partial charge < -0.3 is 0 Å². The molecule has 0 radical (unpaired) electrons. The lowest BCUT2D eigenvalue weighted by Crippen LogP contribution is -2.42. The van der Waals surface area contributed by atoms with E-state index in [1.165, 1.54) is 0 Å². The summed E-state index contributed by atoms with van der Waals surface area (Å²) < 4.78 is 27.3. The van der Waals surface area contributed by atoms with Crippen molar-refractivity contribution in [1.82, 2.24) is 4.31 Å². The lowest BCUT2D eigenvalue weighted by atomic mass is 10.1. The Kier molecular flexibility index (Phi) is 4.02. The van der Waals surface area contributed by atoms with Gasteiger partial charge in [0.1, 0.15) is 0 Å². The third-order valence-electron chi connectivity index (χ3n) is 4.12. The van der Waals surface area contributed by atoms with Crippen LogP contribution in [-0.2, 0) is 10.0 Å². The van der Waals surface area contributed by atoms with Crippen LogP contribution >= 0.6 is 0 Å². The number of sulfonamides is 1. The van der Waals surface area contributed by atoms with Crippen LogP contribution in [-0.4, -0.2) is 25.3 Å². The Morgan fingerprint density at radius 2 is 1.68 bits per heavy atom. The quantitative estimate of drug-likeness (QED) is 0.835. The van der Waals surface area contributed by atoms with E-state index in [4.69, 9.17) is 0 Å². The first-order valence-corrected chi connectivity index (χ1v) is 8.37. The van der Waals surface area contributed by atoms with Crippen molar-refractivity contribution in [1.29, 1.82) is 0 Å². The van der Waals surface area contributed by atoms with E-state index in [0.717, 1.165) is 36.0 Å². The van der Waals surface area contributed by atoms with Crippen molar-refractivity contribution in [3.8, 4) is 0 Å². The molecule has 0 saturated carbocycles. The second-order valence-electron chi connectivity index (χ2n) is 5.66. The Balaban J connectivity index is 2.47. The highest BCUT2D eigenvalue weighted by molar-refractivity contribution is 7.89. The number of aryl methyl sites for hydroxylation is 3. The van der Waals surface area contributed by atoms with Crippen LogP contribution in [0.15, 0.2) is 17.0 Å². The van der Waals surface area contributed by atoms with Crippen LogP contribution in [0.2, 0.25) is 0 Å². The maximum Gasteiger partial charge on any atom is 0.243 e. The van der Waals surface area contributed by atoms with Crippen LogP contribution < -0.4 is 0 Å². The average Bonchev–Trinajstić information content (AvgIpc) is 2.34. The van der Waals surface area contributed by atoms with Gasteiger partial charge in [-0.05, 0) is 63.3 Å². The molecule has 19 heavy (non-hydrogen) atoms. The molecule has 1 heterocycles. The minimum absolute atomic E-state index is 0.111. The van der Waals surface area contributed by atoms with Crippen molar-refractivity contribution in [2.75, 3.05) is 6.54 Å². The maximum absolute atomic E-state index is 12.8. The largest absolute Gasteiger partial charge is 0.243 e. The van der Waals surface area contributed by atoms with E-state index < -0.39 is 10.0 Å². The van der Waals surface area contributed by atoms with Crippen molar-refractivity contribution >= 4 is 10.0 Å². The highest BCUT2D eigenvalue weighted by atomic mass is 32.2. The highest BCUT2D eigenvalue weighted by Gasteiger charge is 2.32. The zero-order chi connectivity index (χ0) is 14.2. The van der Waals surface area contributed by atoms with Crippen LogP contribution in [0.1, 0.15) is 42.9 Å². The summed E-state index contributed by atoms with van der Waals surface area (Å²) in [7, 11) is -3.35. The molecule has 0 unspecified atom stereocenters. The van der Waals surface area contributed by atoms with Gasteiger partial charge in [-0.2, -0.15) is 4.31 Å². The molecule has 1 aromatic carbocycles. The fraction of sp³-hybridized carbons (Fsp3) is 0.600. The lowest BCUT2D eigenvalue weighted by Gasteiger charge is -2.32. The molecule has 4 heteroatoms. The summed E-state index contributed by atoms with van der Waals surface area (Å²) in [5.41, 5.74) is 3.03. The maximum atomic E-state index is 12.8. The van der Waals surface area contributed by atoms with Crippen molar-refractivity contribution in [3.05, 3.63) is 28.8 Å². The van der Waals surface area contributed by atoms with E-state index in [2.05, 4.69) is 0 Å². The van der Waals surface area contributed by atoms with Crippen LogP contribution in [0.5, 0.6) is 0 Å². The Hall–Kier alpha value is -0.870. The molecule has 106 valence electrons. The molecule has 1 aromatic rings. The normalized spacial score (nSPS) is 21.6. The molecule has 1 atom stereocenters. The molecule has 0 aliphatic carbocycles. The van der Waals surface area contributed by atoms with E-state index >= 15 is 0 Å². The Morgan fingerprint density at radius 1 is 1.05 bits per heavy atom. The first kappa shape index (κ1) is 14.5. The third kappa shape index (κ3) is 2.70. The van der Waals surface area contributed by atoms with Crippen molar-refractivity contribution in [2.24, 2.45) is 0 Å². The van der Waals surface area contributed by atoms with Crippen LogP contribution in [0.25, 0.3) is 0 Å². The smallest absolute Gasteiger partial charge is 0.207 e. The van der Waals surface area contributed by atoms with E-state index in [-0.39, 0.29) is 6.04 Å². The van der Waals surface area contributed by atoms with E-state index in [9.17, 15) is 8.42 Å². The minimum Gasteiger partial charge on any atom is -0.207 e. The molecule has 1 fully saturated rings. The highest BCUT2D eigenvalue weighted by Crippen LogP contribution is 2.28. The SMILES string of the molecule is Cc1cc(C)c(S(=O)(=O)N2CCCC[C@@H]2C)cc1C. The van der Waals surface area contributed by atoms with Crippen LogP contribution in [0.3, 0.4) is 0 Å². The first-order chi connectivity index (χ1) is 8.84. The zero-order valence-corrected chi connectivity index (χ0v) is 13.0. The molecule has 0 amide bonds. The van der Waals surface area contributed by atoms with Crippen LogP contribution in [0.4, 0.5) is 0 Å². The van der Waals surface area contributed by atoms with Gasteiger partial charge in [-0.1, -0.05) is 12.5 Å². The van der Waals surface area contributed by atoms with Gasteiger partial charge in [-0.25, -0.2) is 8.42 Å². The molecule has 1 aliphatic heterocycles. The third-order valence-corrected chi connectivity index (χ3v) is 6.28.